The molecule has 168 valence electrons. The molecule has 0 radical (unpaired) electrons. The van der Waals surface area contributed by atoms with Gasteiger partial charge < -0.3 is 20.4 Å². The van der Waals surface area contributed by atoms with Crippen LogP contribution in [0.4, 0.5) is 0 Å². The summed E-state index contributed by atoms with van der Waals surface area (Å²) in [4.78, 5) is 27.6. The molecular formula is C23H44N4O2. The third-order valence-electron chi connectivity index (χ3n) is 6.38. The maximum Gasteiger partial charge on any atom is 0.209 e. The van der Waals surface area contributed by atoms with E-state index in [-0.39, 0.29) is 34.2 Å². The van der Waals surface area contributed by atoms with Crippen LogP contribution in [0, 0.1) is 0 Å². The molecule has 0 spiro atoms. The van der Waals surface area contributed by atoms with Crippen LogP contribution in [0.15, 0.2) is 0 Å². The summed E-state index contributed by atoms with van der Waals surface area (Å²) in [6, 6.07) is 0.473. The van der Waals surface area contributed by atoms with Gasteiger partial charge in [0.05, 0.1) is 0 Å². The van der Waals surface area contributed by atoms with Crippen LogP contribution in [0.1, 0.15) is 87.5 Å². The van der Waals surface area contributed by atoms with E-state index >= 15 is 0 Å². The molecule has 2 rings (SSSR count). The first-order chi connectivity index (χ1) is 13.2. The summed E-state index contributed by atoms with van der Waals surface area (Å²) in [6.45, 7) is 19.0. The van der Waals surface area contributed by atoms with Crippen molar-refractivity contribution in [3.05, 3.63) is 0 Å². The number of rotatable bonds is 8. The molecule has 0 aromatic heterocycles. The van der Waals surface area contributed by atoms with Gasteiger partial charge >= 0.3 is 0 Å². The Morgan fingerprint density at radius 2 is 0.931 bits per heavy atom. The largest absolute Gasteiger partial charge is 0.342 e. The molecule has 6 heteroatoms. The lowest BCUT2D eigenvalue weighted by Crippen LogP contribution is -2.62. The van der Waals surface area contributed by atoms with Gasteiger partial charge in [0.1, 0.15) is 0 Å². The molecule has 0 aliphatic carbocycles. The lowest BCUT2D eigenvalue weighted by atomic mass is 9.79. The topological polar surface area (TPSA) is 64.7 Å². The minimum atomic E-state index is 0.00870. The summed E-state index contributed by atoms with van der Waals surface area (Å²) in [6.07, 6.45) is 6.61. The quantitative estimate of drug-likeness (QED) is 0.606. The zero-order valence-corrected chi connectivity index (χ0v) is 20.0. The van der Waals surface area contributed by atoms with Crippen LogP contribution >= 0.6 is 0 Å². The van der Waals surface area contributed by atoms with E-state index in [4.69, 9.17) is 0 Å². The average molecular weight is 409 g/mol. The summed E-state index contributed by atoms with van der Waals surface area (Å²) in [7, 11) is 0. The Morgan fingerprint density at radius 1 is 0.655 bits per heavy atom. The molecule has 29 heavy (non-hydrogen) atoms. The van der Waals surface area contributed by atoms with Crippen molar-refractivity contribution in [1.82, 2.24) is 20.4 Å². The van der Waals surface area contributed by atoms with E-state index in [1.165, 1.54) is 0 Å². The molecular weight excluding hydrogens is 364 g/mol. The van der Waals surface area contributed by atoms with E-state index < -0.39 is 0 Å². The SMILES string of the molecule is CC1(C)CC(N(C=O)CCCN(C=O)C2CC(C)(C)NC(C)(C)C2)CC(C)(C)N1. The molecule has 2 N–H and O–H groups in total. The predicted molar refractivity (Wildman–Crippen MR) is 119 cm³/mol. The molecule has 0 bridgehead atoms. The summed E-state index contributed by atoms with van der Waals surface area (Å²) in [5.74, 6) is 0. The van der Waals surface area contributed by atoms with Gasteiger partial charge in [-0.05, 0) is 87.5 Å². The second kappa shape index (κ2) is 8.54. The highest BCUT2D eigenvalue weighted by atomic mass is 16.1. The third-order valence-corrected chi connectivity index (χ3v) is 6.38. The lowest BCUT2D eigenvalue weighted by molar-refractivity contribution is -0.122. The van der Waals surface area contributed by atoms with E-state index in [2.05, 4.69) is 66.0 Å². The molecule has 2 saturated heterocycles. The Hall–Kier alpha value is -1.14. The second-order valence-electron chi connectivity index (χ2n) is 11.9. The highest BCUT2D eigenvalue weighted by Crippen LogP contribution is 2.32. The Morgan fingerprint density at radius 3 is 1.17 bits per heavy atom. The first-order valence-corrected chi connectivity index (χ1v) is 11.2. The Labute approximate surface area is 178 Å². The monoisotopic (exact) mass is 408 g/mol. The minimum Gasteiger partial charge on any atom is -0.342 e. The molecule has 2 aliphatic heterocycles. The highest BCUT2D eigenvalue weighted by molar-refractivity contribution is 5.49. The standard InChI is InChI=1S/C23H44N4O2/c1-20(2)12-18(13-21(3,4)24-20)26(16-28)10-9-11-27(17-29)19-14-22(5,6)25-23(7,8)15-19/h16-19,24-25H,9-15H2,1-8H3. The van der Waals surface area contributed by atoms with Crippen molar-refractivity contribution in [1.29, 1.82) is 0 Å². The number of nitrogens with zero attached hydrogens (tertiary/aromatic N) is 2. The van der Waals surface area contributed by atoms with Crippen LogP contribution in [-0.2, 0) is 9.59 Å². The van der Waals surface area contributed by atoms with Crippen molar-refractivity contribution in [3.63, 3.8) is 0 Å². The van der Waals surface area contributed by atoms with Gasteiger partial charge in [-0.1, -0.05) is 0 Å². The number of nitrogens with one attached hydrogen (secondary N) is 2. The molecule has 0 aromatic carbocycles. The Kier molecular flexibility index (Phi) is 7.11. The van der Waals surface area contributed by atoms with E-state index in [1.54, 1.807) is 0 Å². The average Bonchev–Trinajstić information content (AvgIpc) is 2.49. The zero-order valence-electron chi connectivity index (χ0n) is 20.0. The van der Waals surface area contributed by atoms with Crippen LogP contribution in [-0.4, -0.2) is 69.9 Å². The van der Waals surface area contributed by atoms with E-state index in [0.717, 1.165) is 44.9 Å². The summed E-state index contributed by atoms with van der Waals surface area (Å²) >= 11 is 0. The van der Waals surface area contributed by atoms with Gasteiger partial charge in [-0.15, -0.1) is 0 Å². The van der Waals surface area contributed by atoms with Crippen molar-refractivity contribution >= 4 is 12.8 Å². The van der Waals surface area contributed by atoms with Crippen LogP contribution in [0.5, 0.6) is 0 Å². The van der Waals surface area contributed by atoms with Gasteiger partial charge in [-0.3, -0.25) is 9.59 Å². The van der Waals surface area contributed by atoms with Crippen molar-refractivity contribution in [2.24, 2.45) is 0 Å². The first kappa shape index (κ1) is 24.1. The predicted octanol–water partition coefficient (Wildman–Crippen LogP) is 2.91. The number of piperidine rings is 2. The number of hydrogen-bond donors (Lipinski definition) is 2. The maximum atomic E-state index is 11.9. The van der Waals surface area contributed by atoms with Crippen LogP contribution in [0.2, 0.25) is 0 Å². The highest BCUT2D eigenvalue weighted by Gasteiger charge is 2.41. The number of carbonyl (C=O) groups is 2. The molecule has 2 heterocycles. The number of hydrogen-bond acceptors (Lipinski definition) is 4. The van der Waals surface area contributed by atoms with E-state index in [9.17, 15) is 9.59 Å². The molecule has 0 aromatic rings. The fourth-order valence-corrected chi connectivity index (χ4v) is 6.08. The molecule has 0 saturated carbocycles. The van der Waals surface area contributed by atoms with Gasteiger partial charge in [0.25, 0.3) is 0 Å². The molecule has 2 amide bonds. The van der Waals surface area contributed by atoms with Gasteiger partial charge in [-0.2, -0.15) is 0 Å². The van der Waals surface area contributed by atoms with Crippen LogP contribution in [0.3, 0.4) is 0 Å². The van der Waals surface area contributed by atoms with E-state index in [1.807, 2.05) is 9.80 Å². The lowest BCUT2D eigenvalue weighted by Gasteiger charge is -2.49. The molecule has 6 nitrogen and oxygen atoms in total. The Balaban J connectivity index is 1.95. The summed E-state index contributed by atoms with van der Waals surface area (Å²) in [5, 5.41) is 7.36. The summed E-state index contributed by atoms with van der Waals surface area (Å²) < 4.78 is 0. The van der Waals surface area contributed by atoms with Crippen molar-refractivity contribution < 1.29 is 9.59 Å². The first-order valence-electron chi connectivity index (χ1n) is 11.2. The number of carbonyl (C=O) groups excluding carboxylic acids is 2. The van der Waals surface area contributed by atoms with Crippen LogP contribution in [0.25, 0.3) is 0 Å². The fraction of sp³-hybridized carbons (Fsp3) is 0.913. The van der Waals surface area contributed by atoms with Gasteiger partial charge in [-0.25, -0.2) is 0 Å². The van der Waals surface area contributed by atoms with Crippen molar-refractivity contribution in [2.75, 3.05) is 13.1 Å². The van der Waals surface area contributed by atoms with Crippen molar-refractivity contribution in [3.8, 4) is 0 Å². The minimum absolute atomic E-state index is 0.00870. The Bertz CT molecular complexity index is 503. The molecule has 2 fully saturated rings. The second-order valence-corrected chi connectivity index (χ2v) is 11.9. The maximum absolute atomic E-state index is 11.9. The van der Waals surface area contributed by atoms with Crippen molar-refractivity contribution in [2.45, 2.75) is 122 Å². The molecule has 0 unspecified atom stereocenters. The molecule has 2 aliphatic rings. The molecule has 0 atom stereocenters. The van der Waals surface area contributed by atoms with Gasteiger partial charge in [0.2, 0.25) is 12.8 Å². The smallest absolute Gasteiger partial charge is 0.209 e. The zero-order chi connectivity index (χ0) is 22.1. The summed E-state index contributed by atoms with van der Waals surface area (Å²) in [5.41, 5.74) is 0.0348. The normalized spacial score (nSPS) is 25.9. The third kappa shape index (κ3) is 6.95. The number of amides is 2. The van der Waals surface area contributed by atoms with Gasteiger partial charge in [0, 0.05) is 47.3 Å². The van der Waals surface area contributed by atoms with E-state index in [0.29, 0.717) is 13.1 Å². The fourth-order valence-electron chi connectivity index (χ4n) is 6.08. The van der Waals surface area contributed by atoms with Gasteiger partial charge in [0.15, 0.2) is 0 Å². The van der Waals surface area contributed by atoms with Crippen LogP contribution < -0.4 is 10.6 Å².